The largest absolute Gasteiger partial charge is 0.489 e. The van der Waals surface area contributed by atoms with Gasteiger partial charge in [0.2, 0.25) is 0 Å². The summed E-state index contributed by atoms with van der Waals surface area (Å²) < 4.78 is 12.8. The maximum Gasteiger partial charge on any atom is 0.120 e. The van der Waals surface area contributed by atoms with E-state index < -0.39 is 0 Å². The van der Waals surface area contributed by atoms with Crippen LogP contribution in [0.2, 0.25) is 0 Å². The summed E-state index contributed by atoms with van der Waals surface area (Å²) in [5, 5.41) is 0. The number of hydrogen-bond donors (Lipinski definition) is 0. The lowest BCUT2D eigenvalue weighted by Crippen LogP contribution is -2.48. The quantitative estimate of drug-likeness (QED) is 0.319. The summed E-state index contributed by atoms with van der Waals surface area (Å²) in [5.41, 5.74) is 5.73. The average molecular weight is 479 g/mol. The van der Waals surface area contributed by atoms with Crippen molar-refractivity contribution in [2.75, 3.05) is 0 Å². The number of allylic oxidation sites excluding steroid dienone is 1. The van der Waals surface area contributed by atoms with E-state index in [1.165, 1.54) is 42.4 Å². The maximum absolute atomic E-state index is 6.63. The van der Waals surface area contributed by atoms with E-state index in [2.05, 4.69) is 92.4 Å². The van der Waals surface area contributed by atoms with Crippen molar-refractivity contribution in [3.8, 4) is 5.75 Å². The second-order valence-electron chi connectivity index (χ2n) is 11.4. The van der Waals surface area contributed by atoms with E-state index in [0.29, 0.717) is 30.5 Å². The molecular weight excluding hydrogens is 440 g/mol. The number of benzene rings is 3. The van der Waals surface area contributed by atoms with Gasteiger partial charge in [0, 0.05) is 0 Å². The van der Waals surface area contributed by atoms with E-state index in [9.17, 15) is 0 Å². The van der Waals surface area contributed by atoms with Crippen molar-refractivity contribution >= 4 is 0 Å². The van der Waals surface area contributed by atoms with Gasteiger partial charge < -0.3 is 9.47 Å². The number of rotatable bonds is 7. The molecule has 2 nitrogen and oxygen atoms in total. The summed E-state index contributed by atoms with van der Waals surface area (Å²) in [7, 11) is 0. The molecule has 2 heteroatoms. The highest BCUT2D eigenvalue weighted by Crippen LogP contribution is 2.63. The van der Waals surface area contributed by atoms with Gasteiger partial charge in [-0.05, 0) is 95.6 Å². The molecule has 3 aliphatic carbocycles. The molecule has 0 aromatic heterocycles. The molecule has 0 N–H and O–H groups in total. The minimum atomic E-state index is 0.227. The van der Waals surface area contributed by atoms with E-state index in [1.807, 2.05) is 6.07 Å². The summed E-state index contributed by atoms with van der Waals surface area (Å²) in [6.07, 6.45) is 8.63. The Morgan fingerprint density at radius 2 is 1.61 bits per heavy atom. The molecule has 3 unspecified atom stereocenters. The van der Waals surface area contributed by atoms with Gasteiger partial charge >= 0.3 is 0 Å². The predicted octanol–water partition coefficient (Wildman–Crippen LogP) is 8.12. The molecular formula is C34H38O2. The normalized spacial score (nSPS) is 30.6. The zero-order chi connectivity index (χ0) is 24.5. The highest BCUT2D eigenvalue weighted by Gasteiger charge is 2.57. The van der Waals surface area contributed by atoms with Crippen LogP contribution >= 0.6 is 0 Å². The third-order valence-corrected chi connectivity index (χ3v) is 9.50. The summed E-state index contributed by atoms with van der Waals surface area (Å²) in [5.74, 6) is 3.48. The summed E-state index contributed by atoms with van der Waals surface area (Å²) in [4.78, 5) is 0. The van der Waals surface area contributed by atoms with Crippen LogP contribution in [0.25, 0.3) is 0 Å². The van der Waals surface area contributed by atoms with E-state index in [1.54, 1.807) is 5.56 Å². The fraction of sp³-hybridized carbons (Fsp3) is 0.412. The highest BCUT2D eigenvalue weighted by atomic mass is 16.5. The van der Waals surface area contributed by atoms with E-state index in [0.717, 1.165) is 24.7 Å². The average Bonchev–Trinajstić information content (AvgIpc) is 3.26. The molecule has 3 aromatic rings. The van der Waals surface area contributed by atoms with Crippen LogP contribution in [-0.2, 0) is 24.4 Å². The lowest BCUT2D eigenvalue weighted by atomic mass is 9.52. The van der Waals surface area contributed by atoms with Crippen LogP contribution in [0.1, 0.15) is 60.8 Å². The Kier molecular flexibility index (Phi) is 6.48. The van der Waals surface area contributed by atoms with Crippen LogP contribution in [0.5, 0.6) is 5.75 Å². The molecule has 0 bridgehead atoms. The lowest BCUT2D eigenvalue weighted by molar-refractivity contribution is -0.0805. The van der Waals surface area contributed by atoms with E-state index in [-0.39, 0.29) is 5.41 Å². The monoisotopic (exact) mass is 478 g/mol. The van der Waals surface area contributed by atoms with Gasteiger partial charge in [0.1, 0.15) is 12.4 Å². The standard InChI is InChI=1S/C34H38O2/c1-3-26-21-34(2)31(18-19-32(34)36-23-25-12-8-5-9-13-25)30-16-14-27-20-28(15-17-29(27)33(26)30)35-22-24-10-6-4-7-11-24/h3-13,15,17,20,26,30-33H,1,14,16,18-19,21-23H2,2H3/t26-,30?,31?,32-,33?,34-/m0/s1. The van der Waals surface area contributed by atoms with Gasteiger partial charge in [0.25, 0.3) is 0 Å². The molecule has 2 saturated carbocycles. The minimum Gasteiger partial charge on any atom is -0.489 e. The van der Waals surface area contributed by atoms with Crippen molar-refractivity contribution in [3.63, 3.8) is 0 Å². The Morgan fingerprint density at radius 1 is 0.889 bits per heavy atom. The van der Waals surface area contributed by atoms with Crippen molar-refractivity contribution in [2.24, 2.45) is 23.2 Å². The summed E-state index contributed by atoms with van der Waals surface area (Å²) in [6.45, 7) is 8.18. The van der Waals surface area contributed by atoms with Gasteiger partial charge in [-0.15, -0.1) is 6.58 Å². The second-order valence-corrected chi connectivity index (χ2v) is 11.4. The molecule has 3 aliphatic rings. The molecule has 0 amide bonds. The summed E-state index contributed by atoms with van der Waals surface area (Å²) >= 11 is 0. The number of aryl methyl sites for hydroxylation is 1. The van der Waals surface area contributed by atoms with Gasteiger partial charge in [0.15, 0.2) is 0 Å². The van der Waals surface area contributed by atoms with Crippen molar-refractivity contribution in [3.05, 3.63) is 114 Å². The van der Waals surface area contributed by atoms with Gasteiger partial charge in [-0.25, -0.2) is 0 Å². The first-order chi connectivity index (χ1) is 17.7. The fourth-order valence-electron chi connectivity index (χ4n) is 7.81. The Bertz CT molecular complexity index is 1190. The van der Waals surface area contributed by atoms with Crippen molar-refractivity contribution < 1.29 is 9.47 Å². The van der Waals surface area contributed by atoms with Crippen molar-refractivity contribution in [1.29, 1.82) is 0 Å². The van der Waals surface area contributed by atoms with Crippen LogP contribution in [0, 0.1) is 23.2 Å². The minimum absolute atomic E-state index is 0.227. The SMILES string of the molecule is C=C[C@H]1C[C@@]2(C)C(CC[C@@H]2OCc2ccccc2)C2CCc3cc(OCc4ccccc4)ccc3C21. The zero-order valence-electron chi connectivity index (χ0n) is 21.4. The third-order valence-electron chi connectivity index (χ3n) is 9.50. The first kappa shape index (κ1) is 23.6. The molecule has 3 aromatic carbocycles. The molecule has 0 saturated heterocycles. The Hall–Kier alpha value is -2.84. The number of fused-ring (bicyclic) bond motifs is 5. The van der Waals surface area contributed by atoms with Gasteiger partial charge in [-0.2, -0.15) is 0 Å². The fourth-order valence-corrected chi connectivity index (χ4v) is 7.81. The lowest BCUT2D eigenvalue weighted by Gasteiger charge is -2.53. The molecule has 0 heterocycles. The Balaban J connectivity index is 1.20. The van der Waals surface area contributed by atoms with Gasteiger partial charge in [-0.1, -0.05) is 79.7 Å². The third kappa shape index (κ3) is 4.30. The Morgan fingerprint density at radius 3 is 2.33 bits per heavy atom. The van der Waals surface area contributed by atoms with Crippen molar-refractivity contribution in [2.45, 2.75) is 64.3 Å². The maximum atomic E-state index is 6.63. The van der Waals surface area contributed by atoms with Crippen LogP contribution < -0.4 is 4.74 Å². The molecule has 0 radical (unpaired) electrons. The molecule has 186 valence electrons. The molecule has 0 spiro atoms. The molecule has 6 atom stereocenters. The summed E-state index contributed by atoms with van der Waals surface area (Å²) in [6, 6.07) is 27.9. The number of ether oxygens (including phenoxy) is 2. The topological polar surface area (TPSA) is 18.5 Å². The predicted molar refractivity (Wildman–Crippen MR) is 146 cm³/mol. The van der Waals surface area contributed by atoms with Crippen LogP contribution in [0.15, 0.2) is 91.5 Å². The van der Waals surface area contributed by atoms with Crippen LogP contribution in [0.4, 0.5) is 0 Å². The van der Waals surface area contributed by atoms with Gasteiger partial charge in [0.05, 0.1) is 12.7 Å². The smallest absolute Gasteiger partial charge is 0.120 e. The molecule has 6 rings (SSSR count). The van der Waals surface area contributed by atoms with Crippen LogP contribution in [-0.4, -0.2) is 6.10 Å². The highest BCUT2D eigenvalue weighted by molar-refractivity contribution is 5.42. The first-order valence-corrected chi connectivity index (χ1v) is 13.7. The van der Waals surface area contributed by atoms with E-state index in [4.69, 9.17) is 9.47 Å². The number of hydrogen-bond acceptors (Lipinski definition) is 2. The van der Waals surface area contributed by atoms with Crippen molar-refractivity contribution in [1.82, 2.24) is 0 Å². The van der Waals surface area contributed by atoms with Gasteiger partial charge in [-0.3, -0.25) is 0 Å². The Labute approximate surface area is 216 Å². The zero-order valence-corrected chi connectivity index (χ0v) is 21.4. The molecule has 0 aliphatic heterocycles. The van der Waals surface area contributed by atoms with E-state index >= 15 is 0 Å². The molecule has 36 heavy (non-hydrogen) atoms. The second kappa shape index (κ2) is 9.90. The first-order valence-electron chi connectivity index (χ1n) is 13.7. The molecule has 2 fully saturated rings. The van der Waals surface area contributed by atoms with Crippen LogP contribution in [0.3, 0.4) is 0 Å².